The smallest absolute Gasteiger partial charge is 0.354 e. The Bertz CT molecular complexity index is 491. The second kappa shape index (κ2) is 3.53. The molecule has 0 amide bonds. The van der Waals surface area contributed by atoms with E-state index in [4.69, 9.17) is 5.11 Å². The van der Waals surface area contributed by atoms with Crippen molar-refractivity contribution in [2.24, 2.45) is 0 Å². The number of nitrogens with one attached hydrogen (secondary N) is 1. The molecule has 2 aromatic heterocycles. The zero-order valence-corrected chi connectivity index (χ0v) is 8.06. The van der Waals surface area contributed by atoms with Crippen LogP contribution in [-0.4, -0.2) is 26.0 Å². The largest absolute Gasteiger partial charge is 0.477 e. The highest BCUT2D eigenvalue weighted by molar-refractivity contribution is 5.92. The van der Waals surface area contributed by atoms with Crippen LogP contribution in [0.4, 0.5) is 0 Å². The fourth-order valence-electron chi connectivity index (χ4n) is 1.36. The number of aromatic carboxylic acids is 1. The molecule has 2 aromatic rings. The molecule has 0 bridgehead atoms. The molecule has 2 rings (SSSR count). The highest BCUT2D eigenvalue weighted by Gasteiger charge is 2.16. The van der Waals surface area contributed by atoms with E-state index in [9.17, 15) is 4.79 Å². The van der Waals surface area contributed by atoms with E-state index in [0.29, 0.717) is 17.1 Å². The molecule has 0 aliphatic rings. The minimum absolute atomic E-state index is 0.0977. The number of aromatic nitrogens is 3. The zero-order valence-electron chi connectivity index (χ0n) is 8.06. The van der Waals surface area contributed by atoms with Gasteiger partial charge in [0.15, 0.2) is 5.69 Å². The number of imidazole rings is 1. The Morgan fingerprint density at radius 1 is 1.53 bits per heavy atom. The van der Waals surface area contributed by atoms with Crippen LogP contribution < -0.4 is 0 Å². The Morgan fingerprint density at radius 2 is 2.33 bits per heavy atom. The second-order valence-electron chi connectivity index (χ2n) is 3.09. The molecule has 0 spiro atoms. The maximum Gasteiger partial charge on any atom is 0.354 e. The second-order valence-corrected chi connectivity index (χ2v) is 3.09. The summed E-state index contributed by atoms with van der Waals surface area (Å²) in [6, 6.07) is 3.51. The highest BCUT2D eigenvalue weighted by atomic mass is 16.4. The van der Waals surface area contributed by atoms with Gasteiger partial charge in [0.2, 0.25) is 0 Å². The molecule has 0 radical (unpaired) electrons. The minimum atomic E-state index is -1.02. The molecule has 0 fully saturated rings. The molecule has 0 saturated carbocycles. The van der Waals surface area contributed by atoms with Crippen LogP contribution >= 0.6 is 0 Å². The summed E-state index contributed by atoms with van der Waals surface area (Å²) in [6.07, 6.45) is 3.21. The fraction of sp³-hybridized carbons (Fsp3) is 0.100. The first-order valence-electron chi connectivity index (χ1n) is 4.39. The van der Waals surface area contributed by atoms with Crippen LogP contribution in [0.3, 0.4) is 0 Å². The number of carbonyl (C=O) groups is 1. The standard InChI is InChI=1S/C10H9N3O2/c1-6-12-8(9(13-6)10(14)15)7-3-2-4-11-5-7/h2-5H,1H3,(H,12,13)(H,14,15). The molecule has 2 heterocycles. The van der Waals surface area contributed by atoms with Gasteiger partial charge in [-0.15, -0.1) is 0 Å². The number of hydrogen-bond donors (Lipinski definition) is 2. The number of hydrogen-bond acceptors (Lipinski definition) is 3. The third kappa shape index (κ3) is 1.71. The Hall–Kier alpha value is -2.17. The lowest BCUT2D eigenvalue weighted by molar-refractivity contribution is 0.0692. The van der Waals surface area contributed by atoms with Gasteiger partial charge in [0, 0.05) is 18.0 Å². The Kier molecular flexibility index (Phi) is 2.21. The van der Waals surface area contributed by atoms with Crippen LogP contribution in [0.1, 0.15) is 16.3 Å². The van der Waals surface area contributed by atoms with Gasteiger partial charge in [0.25, 0.3) is 0 Å². The molecular formula is C10H9N3O2. The number of aryl methyl sites for hydroxylation is 1. The molecule has 0 aliphatic carbocycles. The maximum absolute atomic E-state index is 10.9. The van der Waals surface area contributed by atoms with E-state index in [1.165, 1.54) is 0 Å². The maximum atomic E-state index is 10.9. The van der Waals surface area contributed by atoms with Crippen LogP contribution in [0.5, 0.6) is 0 Å². The summed E-state index contributed by atoms with van der Waals surface area (Å²) >= 11 is 0. The van der Waals surface area contributed by atoms with Crippen LogP contribution in [-0.2, 0) is 0 Å². The van der Waals surface area contributed by atoms with Gasteiger partial charge in [0.05, 0.1) is 0 Å². The number of H-pyrrole nitrogens is 1. The Morgan fingerprint density at radius 3 is 2.93 bits per heavy atom. The summed E-state index contributed by atoms with van der Waals surface area (Å²) in [5.74, 6) is -0.444. The van der Waals surface area contributed by atoms with Crippen LogP contribution in [0.15, 0.2) is 24.5 Å². The Labute approximate surface area is 85.8 Å². The lowest BCUT2D eigenvalue weighted by Crippen LogP contribution is -1.99. The van der Waals surface area contributed by atoms with Gasteiger partial charge in [-0.2, -0.15) is 0 Å². The normalized spacial score (nSPS) is 10.2. The van der Waals surface area contributed by atoms with Gasteiger partial charge >= 0.3 is 5.97 Å². The molecule has 0 aliphatic heterocycles. The quantitative estimate of drug-likeness (QED) is 0.774. The van der Waals surface area contributed by atoms with Crippen molar-refractivity contribution in [1.29, 1.82) is 0 Å². The van der Waals surface area contributed by atoms with E-state index < -0.39 is 5.97 Å². The van der Waals surface area contributed by atoms with Crippen molar-refractivity contribution < 1.29 is 9.90 Å². The first-order valence-corrected chi connectivity index (χ1v) is 4.39. The summed E-state index contributed by atoms with van der Waals surface area (Å²) in [6.45, 7) is 1.71. The van der Waals surface area contributed by atoms with E-state index in [1.54, 1.807) is 31.5 Å². The molecule has 5 heteroatoms. The predicted octanol–water partition coefficient (Wildman–Crippen LogP) is 1.48. The molecule has 0 unspecified atom stereocenters. The number of pyridine rings is 1. The number of nitrogens with zero attached hydrogens (tertiary/aromatic N) is 2. The Balaban J connectivity index is 2.58. The van der Waals surface area contributed by atoms with Crippen LogP contribution in [0.25, 0.3) is 11.3 Å². The van der Waals surface area contributed by atoms with Gasteiger partial charge in [-0.05, 0) is 19.1 Å². The molecule has 2 N–H and O–H groups in total. The molecule has 0 atom stereocenters. The average Bonchev–Trinajstić information content (AvgIpc) is 2.62. The van der Waals surface area contributed by atoms with Gasteiger partial charge in [0.1, 0.15) is 11.5 Å². The number of rotatable bonds is 2. The van der Waals surface area contributed by atoms with Gasteiger partial charge in [-0.1, -0.05) is 0 Å². The SMILES string of the molecule is Cc1nc(-c2cccnc2)c(C(=O)O)[nH]1. The predicted molar refractivity (Wildman–Crippen MR) is 53.5 cm³/mol. The molecule has 5 nitrogen and oxygen atoms in total. The summed E-state index contributed by atoms with van der Waals surface area (Å²) in [5.41, 5.74) is 1.22. The van der Waals surface area contributed by atoms with Crippen molar-refractivity contribution in [3.8, 4) is 11.3 Å². The van der Waals surface area contributed by atoms with Crippen molar-refractivity contribution >= 4 is 5.97 Å². The van der Waals surface area contributed by atoms with Crippen molar-refractivity contribution in [2.75, 3.05) is 0 Å². The molecular weight excluding hydrogens is 194 g/mol. The zero-order chi connectivity index (χ0) is 10.8. The topological polar surface area (TPSA) is 78.9 Å². The van der Waals surface area contributed by atoms with Crippen molar-refractivity contribution in [3.05, 3.63) is 36.0 Å². The summed E-state index contributed by atoms with van der Waals surface area (Å²) in [4.78, 5) is 21.7. The van der Waals surface area contributed by atoms with Crippen molar-refractivity contribution in [1.82, 2.24) is 15.0 Å². The van der Waals surface area contributed by atoms with E-state index in [1.807, 2.05) is 0 Å². The molecule has 15 heavy (non-hydrogen) atoms. The van der Waals surface area contributed by atoms with E-state index in [-0.39, 0.29) is 5.69 Å². The van der Waals surface area contributed by atoms with Gasteiger partial charge < -0.3 is 10.1 Å². The lowest BCUT2D eigenvalue weighted by Gasteiger charge is -1.96. The van der Waals surface area contributed by atoms with E-state index in [0.717, 1.165) is 0 Å². The third-order valence-corrected chi connectivity index (χ3v) is 1.97. The van der Waals surface area contributed by atoms with Gasteiger partial charge in [-0.3, -0.25) is 4.98 Å². The number of carboxylic acids is 1. The van der Waals surface area contributed by atoms with Gasteiger partial charge in [-0.25, -0.2) is 9.78 Å². The van der Waals surface area contributed by atoms with Crippen molar-refractivity contribution in [2.45, 2.75) is 6.92 Å². The lowest BCUT2D eigenvalue weighted by atomic mass is 10.2. The molecule has 76 valence electrons. The number of carboxylic acid groups (broad SMARTS) is 1. The number of aromatic amines is 1. The summed E-state index contributed by atoms with van der Waals surface area (Å²) in [7, 11) is 0. The van der Waals surface area contributed by atoms with Crippen LogP contribution in [0.2, 0.25) is 0 Å². The highest BCUT2D eigenvalue weighted by Crippen LogP contribution is 2.20. The summed E-state index contributed by atoms with van der Waals surface area (Å²) < 4.78 is 0. The van der Waals surface area contributed by atoms with E-state index >= 15 is 0 Å². The molecule has 0 saturated heterocycles. The first kappa shape index (κ1) is 9.39. The average molecular weight is 203 g/mol. The fourth-order valence-corrected chi connectivity index (χ4v) is 1.36. The molecule has 0 aromatic carbocycles. The third-order valence-electron chi connectivity index (χ3n) is 1.97. The monoisotopic (exact) mass is 203 g/mol. The van der Waals surface area contributed by atoms with Crippen molar-refractivity contribution in [3.63, 3.8) is 0 Å². The van der Waals surface area contributed by atoms with E-state index in [2.05, 4.69) is 15.0 Å². The minimum Gasteiger partial charge on any atom is -0.477 e. The summed E-state index contributed by atoms with van der Waals surface area (Å²) in [5, 5.41) is 8.95. The first-order chi connectivity index (χ1) is 7.18. The van der Waals surface area contributed by atoms with Crippen LogP contribution in [0, 0.1) is 6.92 Å².